The molecule has 1 fully saturated rings. The fraction of sp³-hybridized carbons (Fsp3) is 0.342. The second-order valence-electron chi connectivity index (χ2n) is 13.2. The summed E-state index contributed by atoms with van der Waals surface area (Å²) in [6.07, 6.45) is 1.49. The van der Waals surface area contributed by atoms with Crippen molar-refractivity contribution in [3.63, 3.8) is 0 Å². The smallest absolute Gasteiger partial charge is 0.339 e. The van der Waals surface area contributed by atoms with Gasteiger partial charge in [0.05, 0.1) is 16.9 Å². The van der Waals surface area contributed by atoms with Gasteiger partial charge in [-0.25, -0.2) is 4.79 Å². The SMILES string of the molecule is Cc1cccc(C)c1-c1cc(N=Nc2cccc3c2C2(CCN(C(C)(C)C)CC2)OC3=O)cc(-c2c(C)cccc2C)c1. The van der Waals surface area contributed by atoms with Gasteiger partial charge >= 0.3 is 5.97 Å². The Hall–Kier alpha value is -4.09. The Morgan fingerprint density at radius 3 is 1.74 bits per heavy atom. The first-order valence-corrected chi connectivity index (χ1v) is 15.3. The normalized spacial score (nSPS) is 16.6. The van der Waals surface area contributed by atoms with Crippen LogP contribution in [0.3, 0.4) is 0 Å². The maximum Gasteiger partial charge on any atom is 0.339 e. The predicted molar refractivity (Wildman–Crippen MR) is 175 cm³/mol. The molecule has 0 bridgehead atoms. The molecule has 0 saturated carbocycles. The first-order valence-electron chi connectivity index (χ1n) is 15.3. The van der Waals surface area contributed by atoms with E-state index in [0.717, 1.165) is 48.3 Å². The molecule has 1 saturated heterocycles. The molecule has 43 heavy (non-hydrogen) atoms. The van der Waals surface area contributed by atoms with Crippen LogP contribution in [0.2, 0.25) is 0 Å². The number of rotatable bonds is 4. The molecule has 1 spiro atoms. The summed E-state index contributed by atoms with van der Waals surface area (Å²) in [4.78, 5) is 15.5. The van der Waals surface area contributed by atoms with E-state index in [9.17, 15) is 4.79 Å². The molecule has 2 aliphatic heterocycles. The Morgan fingerprint density at radius 1 is 0.721 bits per heavy atom. The average molecular weight is 572 g/mol. The number of fused-ring (bicyclic) bond motifs is 2. The van der Waals surface area contributed by atoms with E-state index < -0.39 is 5.60 Å². The standard InChI is InChI=1S/C38H41N3O2/c1-24-11-8-12-25(2)33(24)28-21-29(34-26(3)13-9-14-27(34)4)23-30(22-28)39-40-32-16-10-15-31-35(32)38(43-36(31)42)17-19-41(20-18-38)37(5,6)7/h8-16,21-23H,17-20H2,1-7H3. The number of ether oxygens (including phenoxy) is 1. The van der Waals surface area contributed by atoms with Gasteiger partial charge in [-0.2, -0.15) is 10.2 Å². The summed E-state index contributed by atoms with van der Waals surface area (Å²) in [6, 6.07) is 25.1. The van der Waals surface area contributed by atoms with Gasteiger partial charge in [0, 0.05) is 37.0 Å². The number of azo groups is 1. The molecule has 5 heteroatoms. The number of aryl methyl sites for hydroxylation is 4. The van der Waals surface area contributed by atoms with Crippen molar-refractivity contribution in [1.29, 1.82) is 0 Å². The molecule has 220 valence electrons. The summed E-state index contributed by atoms with van der Waals surface area (Å²) >= 11 is 0. The van der Waals surface area contributed by atoms with E-state index in [2.05, 4.69) is 108 Å². The monoisotopic (exact) mass is 571 g/mol. The van der Waals surface area contributed by atoms with Gasteiger partial charge in [0.1, 0.15) is 5.60 Å². The van der Waals surface area contributed by atoms with Crippen molar-refractivity contribution < 1.29 is 9.53 Å². The van der Waals surface area contributed by atoms with E-state index in [1.165, 1.54) is 33.4 Å². The fourth-order valence-corrected chi connectivity index (χ4v) is 7.06. The third kappa shape index (κ3) is 5.31. The molecule has 0 aliphatic carbocycles. The van der Waals surface area contributed by atoms with Gasteiger partial charge in [-0.1, -0.05) is 42.5 Å². The second kappa shape index (κ2) is 10.9. The lowest BCUT2D eigenvalue weighted by atomic mass is 9.81. The molecule has 5 nitrogen and oxygen atoms in total. The van der Waals surface area contributed by atoms with Gasteiger partial charge in [-0.05, 0) is 123 Å². The summed E-state index contributed by atoms with van der Waals surface area (Å²) in [5.74, 6) is -0.259. The van der Waals surface area contributed by atoms with Crippen LogP contribution in [0.4, 0.5) is 11.4 Å². The second-order valence-corrected chi connectivity index (χ2v) is 13.2. The number of hydrogen-bond donors (Lipinski definition) is 0. The first kappa shape index (κ1) is 29.0. The van der Waals surface area contributed by atoms with Crippen LogP contribution in [0.5, 0.6) is 0 Å². The molecule has 0 aromatic heterocycles. The third-order valence-corrected chi connectivity index (χ3v) is 9.26. The van der Waals surface area contributed by atoms with Gasteiger partial charge < -0.3 is 4.74 Å². The Labute approximate surface area is 255 Å². The number of esters is 1. The van der Waals surface area contributed by atoms with Crippen LogP contribution in [-0.2, 0) is 10.3 Å². The highest BCUT2D eigenvalue weighted by Crippen LogP contribution is 2.49. The maximum atomic E-state index is 13.1. The van der Waals surface area contributed by atoms with Gasteiger partial charge in [-0.3, -0.25) is 4.90 Å². The van der Waals surface area contributed by atoms with Crippen LogP contribution in [0.1, 0.15) is 71.8 Å². The lowest BCUT2D eigenvalue weighted by molar-refractivity contribution is -0.0560. The fourth-order valence-electron chi connectivity index (χ4n) is 7.06. The summed E-state index contributed by atoms with van der Waals surface area (Å²) in [5.41, 5.74) is 12.0. The number of carbonyl (C=O) groups excluding carboxylic acids is 1. The van der Waals surface area contributed by atoms with Crippen molar-refractivity contribution in [3.05, 3.63) is 106 Å². The number of benzene rings is 4. The quantitative estimate of drug-likeness (QED) is 0.181. The zero-order valence-corrected chi connectivity index (χ0v) is 26.4. The molecule has 0 N–H and O–H groups in total. The average Bonchev–Trinajstić information content (AvgIpc) is 3.22. The third-order valence-electron chi connectivity index (χ3n) is 9.26. The molecule has 0 unspecified atom stereocenters. The minimum Gasteiger partial charge on any atom is -0.450 e. The lowest BCUT2D eigenvalue weighted by Gasteiger charge is -2.44. The lowest BCUT2D eigenvalue weighted by Crippen LogP contribution is -2.50. The maximum absolute atomic E-state index is 13.1. The Balaban J connectivity index is 1.45. The van der Waals surface area contributed by atoms with Crippen molar-refractivity contribution in [3.8, 4) is 22.3 Å². The molecule has 6 rings (SSSR count). The number of piperidine rings is 1. The van der Waals surface area contributed by atoms with Gasteiger partial charge in [-0.15, -0.1) is 0 Å². The number of likely N-dealkylation sites (tertiary alicyclic amines) is 1. The van der Waals surface area contributed by atoms with Crippen LogP contribution in [0.25, 0.3) is 22.3 Å². The van der Waals surface area contributed by atoms with Crippen molar-refractivity contribution in [2.75, 3.05) is 13.1 Å². The molecule has 4 aromatic rings. The minimum absolute atomic E-state index is 0.0694. The van der Waals surface area contributed by atoms with E-state index >= 15 is 0 Å². The van der Waals surface area contributed by atoms with Crippen LogP contribution in [0.15, 0.2) is 83.0 Å². The van der Waals surface area contributed by atoms with E-state index in [1.807, 2.05) is 18.2 Å². The predicted octanol–water partition coefficient (Wildman–Crippen LogP) is 9.93. The van der Waals surface area contributed by atoms with Crippen LogP contribution in [0, 0.1) is 27.7 Å². The van der Waals surface area contributed by atoms with E-state index in [0.29, 0.717) is 11.3 Å². The van der Waals surface area contributed by atoms with Crippen molar-refractivity contribution >= 4 is 17.3 Å². The highest BCUT2D eigenvalue weighted by molar-refractivity contribution is 5.96. The van der Waals surface area contributed by atoms with Crippen molar-refractivity contribution in [1.82, 2.24) is 4.90 Å². The van der Waals surface area contributed by atoms with E-state index in [1.54, 1.807) is 0 Å². The van der Waals surface area contributed by atoms with Gasteiger partial charge in [0.2, 0.25) is 0 Å². The highest BCUT2D eigenvalue weighted by Gasteiger charge is 2.49. The number of carbonyl (C=O) groups is 1. The van der Waals surface area contributed by atoms with Crippen LogP contribution in [-0.4, -0.2) is 29.5 Å². The molecule has 0 radical (unpaired) electrons. The number of hydrogen-bond acceptors (Lipinski definition) is 5. The molecule has 0 amide bonds. The van der Waals surface area contributed by atoms with Gasteiger partial charge in [0.25, 0.3) is 0 Å². The zero-order chi connectivity index (χ0) is 30.5. The summed E-state index contributed by atoms with van der Waals surface area (Å²) in [7, 11) is 0. The molecule has 2 heterocycles. The molecule has 0 atom stereocenters. The molecular formula is C38H41N3O2. The van der Waals surface area contributed by atoms with Crippen LogP contribution < -0.4 is 0 Å². The Morgan fingerprint density at radius 2 is 1.23 bits per heavy atom. The molecule has 2 aliphatic rings. The summed E-state index contributed by atoms with van der Waals surface area (Å²) in [5, 5.41) is 9.69. The Kier molecular flexibility index (Phi) is 7.34. The largest absolute Gasteiger partial charge is 0.450 e. The number of nitrogens with zero attached hydrogens (tertiary/aromatic N) is 3. The van der Waals surface area contributed by atoms with E-state index in [4.69, 9.17) is 15.0 Å². The van der Waals surface area contributed by atoms with E-state index in [-0.39, 0.29) is 11.5 Å². The Bertz CT molecular complexity index is 1640. The van der Waals surface area contributed by atoms with Crippen molar-refractivity contribution in [2.45, 2.75) is 72.4 Å². The van der Waals surface area contributed by atoms with Crippen molar-refractivity contribution in [2.24, 2.45) is 10.2 Å². The van der Waals surface area contributed by atoms with Crippen LogP contribution >= 0.6 is 0 Å². The summed E-state index contributed by atoms with van der Waals surface area (Å²) in [6.45, 7) is 17.0. The zero-order valence-electron chi connectivity index (χ0n) is 26.4. The topological polar surface area (TPSA) is 54.3 Å². The summed E-state index contributed by atoms with van der Waals surface area (Å²) < 4.78 is 6.15. The molecule has 4 aromatic carbocycles. The molecular weight excluding hydrogens is 530 g/mol. The first-order chi connectivity index (χ1) is 20.5. The highest BCUT2D eigenvalue weighted by atomic mass is 16.6. The minimum atomic E-state index is -0.659. The van der Waals surface area contributed by atoms with Gasteiger partial charge in [0.15, 0.2) is 0 Å².